The Morgan fingerprint density at radius 1 is 1.70 bits per heavy atom. The molecule has 0 N–H and O–H groups in total. The van der Waals surface area contributed by atoms with E-state index in [0.29, 0.717) is 12.1 Å². The smallest absolute Gasteiger partial charge is 0.109 e. The Morgan fingerprint density at radius 3 is 2.70 bits per heavy atom. The monoisotopic (exact) mass is 255 g/mol. The normalized spacial score (nSPS) is 27.0. The standard InChI is InChI=1S/C7H14INO/c1-6(2)9-4-3-7(9)5-10-8/h6-7H,3-5H2,1-2H3. The topological polar surface area (TPSA) is 12.5 Å². The highest BCUT2D eigenvalue weighted by Crippen LogP contribution is 2.20. The van der Waals surface area contributed by atoms with E-state index in [4.69, 9.17) is 3.07 Å². The molecule has 1 fully saturated rings. The van der Waals surface area contributed by atoms with Gasteiger partial charge in [0, 0.05) is 18.6 Å². The molecule has 3 heteroatoms. The predicted molar refractivity (Wildman–Crippen MR) is 50.2 cm³/mol. The van der Waals surface area contributed by atoms with Gasteiger partial charge in [-0.05, 0) is 20.3 Å². The number of hydrogen-bond donors (Lipinski definition) is 0. The second-order valence-corrected chi connectivity index (χ2v) is 3.67. The van der Waals surface area contributed by atoms with Gasteiger partial charge >= 0.3 is 0 Å². The molecule has 60 valence electrons. The molecule has 0 aromatic carbocycles. The molecule has 0 aromatic rings. The maximum absolute atomic E-state index is 5.05. The van der Waals surface area contributed by atoms with Gasteiger partial charge in [-0.1, -0.05) is 0 Å². The molecule has 0 aliphatic carbocycles. The Balaban J connectivity index is 2.22. The summed E-state index contributed by atoms with van der Waals surface area (Å²) in [5.74, 6) is 0. The highest BCUT2D eigenvalue weighted by atomic mass is 127. The molecule has 1 saturated heterocycles. The lowest BCUT2D eigenvalue weighted by Gasteiger charge is -2.43. The minimum atomic E-state index is 0.685. The fourth-order valence-electron chi connectivity index (χ4n) is 1.39. The number of hydrogen-bond acceptors (Lipinski definition) is 2. The largest absolute Gasteiger partial charge is 0.314 e. The molecule has 1 rings (SSSR count). The van der Waals surface area contributed by atoms with Crippen LogP contribution in [-0.4, -0.2) is 30.1 Å². The van der Waals surface area contributed by atoms with Crippen molar-refractivity contribution in [2.45, 2.75) is 32.4 Å². The second-order valence-electron chi connectivity index (χ2n) is 3.05. The van der Waals surface area contributed by atoms with Crippen LogP contribution in [0.5, 0.6) is 0 Å². The number of likely N-dealkylation sites (tertiary alicyclic amines) is 1. The SMILES string of the molecule is CC(C)N1CCC1COI. The fourth-order valence-corrected chi connectivity index (χ4v) is 1.81. The molecular weight excluding hydrogens is 241 g/mol. The van der Waals surface area contributed by atoms with E-state index >= 15 is 0 Å². The summed E-state index contributed by atoms with van der Waals surface area (Å²) >= 11 is 1.97. The summed E-state index contributed by atoms with van der Waals surface area (Å²) in [7, 11) is 0. The van der Waals surface area contributed by atoms with Gasteiger partial charge in [0.25, 0.3) is 0 Å². The summed E-state index contributed by atoms with van der Waals surface area (Å²) in [5.41, 5.74) is 0. The molecule has 2 nitrogen and oxygen atoms in total. The zero-order valence-electron chi connectivity index (χ0n) is 6.51. The third kappa shape index (κ3) is 1.83. The van der Waals surface area contributed by atoms with Crippen molar-refractivity contribution in [1.29, 1.82) is 0 Å². The Bertz CT molecular complexity index is 108. The van der Waals surface area contributed by atoms with E-state index in [-0.39, 0.29) is 0 Å². The molecule has 0 saturated carbocycles. The maximum atomic E-state index is 5.05. The van der Waals surface area contributed by atoms with Crippen molar-refractivity contribution < 1.29 is 3.07 Å². The van der Waals surface area contributed by atoms with E-state index in [2.05, 4.69) is 18.7 Å². The molecular formula is C7H14INO. The summed E-state index contributed by atoms with van der Waals surface area (Å²) in [5, 5.41) is 0. The quantitative estimate of drug-likeness (QED) is 0.713. The Kier molecular flexibility index (Phi) is 3.39. The molecule has 1 aliphatic rings. The summed E-state index contributed by atoms with van der Waals surface area (Å²) < 4.78 is 5.05. The van der Waals surface area contributed by atoms with Crippen LogP contribution in [0.1, 0.15) is 20.3 Å². The van der Waals surface area contributed by atoms with Crippen molar-refractivity contribution in [2.24, 2.45) is 0 Å². The van der Waals surface area contributed by atoms with Crippen LogP contribution in [0.25, 0.3) is 0 Å². The van der Waals surface area contributed by atoms with Gasteiger partial charge in [0.1, 0.15) is 23.0 Å². The highest BCUT2D eigenvalue weighted by molar-refractivity contribution is 14.1. The third-order valence-corrected chi connectivity index (χ3v) is 2.47. The van der Waals surface area contributed by atoms with Crippen LogP contribution in [0.2, 0.25) is 0 Å². The molecule has 1 aliphatic heterocycles. The van der Waals surface area contributed by atoms with Gasteiger partial charge in [0.05, 0.1) is 6.61 Å². The van der Waals surface area contributed by atoms with Crippen molar-refractivity contribution in [3.63, 3.8) is 0 Å². The minimum Gasteiger partial charge on any atom is -0.314 e. The molecule has 0 bridgehead atoms. The van der Waals surface area contributed by atoms with Crippen LogP contribution in [0, 0.1) is 0 Å². The average Bonchev–Trinajstić information content (AvgIpc) is 1.78. The molecule has 0 spiro atoms. The van der Waals surface area contributed by atoms with Crippen LogP contribution < -0.4 is 0 Å². The van der Waals surface area contributed by atoms with Crippen LogP contribution in [-0.2, 0) is 3.07 Å². The molecule has 0 radical (unpaired) electrons. The van der Waals surface area contributed by atoms with Crippen molar-refractivity contribution in [3.8, 4) is 0 Å². The zero-order chi connectivity index (χ0) is 7.56. The Morgan fingerprint density at radius 2 is 2.40 bits per heavy atom. The Labute approximate surface area is 76.6 Å². The van der Waals surface area contributed by atoms with Gasteiger partial charge in [0.15, 0.2) is 0 Å². The Hall–Kier alpha value is 0.650. The van der Waals surface area contributed by atoms with Crippen LogP contribution >= 0.6 is 23.0 Å². The van der Waals surface area contributed by atoms with Crippen LogP contribution in [0.3, 0.4) is 0 Å². The van der Waals surface area contributed by atoms with Crippen molar-refractivity contribution in [1.82, 2.24) is 4.90 Å². The van der Waals surface area contributed by atoms with Gasteiger partial charge in [-0.3, -0.25) is 4.90 Å². The van der Waals surface area contributed by atoms with E-state index in [9.17, 15) is 0 Å². The first-order valence-electron chi connectivity index (χ1n) is 3.75. The van der Waals surface area contributed by atoms with Crippen LogP contribution in [0.4, 0.5) is 0 Å². The molecule has 1 atom stereocenters. The fraction of sp³-hybridized carbons (Fsp3) is 1.00. The van der Waals surface area contributed by atoms with E-state index in [1.807, 2.05) is 23.0 Å². The summed E-state index contributed by atoms with van der Waals surface area (Å²) in [6.45, 7) is 6.61. The van der Waals surface area contributed by atoms with Gasteiger partial charge in [0.2, 0.25) is 0 Å². The predicted octanol–water partition coefficient (Wildman–Crippen LogP) is 1.84. The molecule has 10 heavy (non-hydrogen) atoms. The lowest BCUT2D eigenvalue weighted by atomic mass is 10.0. The lowest BCUT2D eigenvalue weighted by Crippen LogP contribution is -2.53. The number of rotatable bonds is 3. The van der Waals surface area contributed by atoms with Gasteiger partial charge in [-0.2, -0.15) is 0 Å². The molecule has 0 amide bonds. The summed E-state index contributed by atoms with van der Waals surface area (Å²) in [6, 6.07) is 1.38. The van der Waals surface area contributed by atoms with Gasteiger partial charge < -0.3 is 3.07 Å². The van der Waals surface area contributed by atoms with Crippen molar-refractivity contribution in [2.75, 3.05) is 13.2 Å². The highest BCUT2D eigenvalue weighted by Gasteiger charge is 2.29. The number of halogens is 1. The van der Waals surface area contributed by atoms with Gasteiger partial charge in [-0.15, -0.1) is 0 Å². The number of nitrogens with zero attached hydrogens (tertiary/aromatic N) is 1. The van der Waals surface area contributed by atoms with Crippen molar-refractivity contribution in [3.05, 3.63) is 0 Å². The maximum Gasteiger partial charge on any atom is 0.109 e. The molecule has 1 unspecified atom stereocenters. The van der Waals surface area contributed by atoms with Crippen LogP contribution in [0.15, 0.2) is 0 Å². The molecule has 1 heterocycles. The first kappa shape index (κ1) is 8.74. The average molecular weight is 255 g/mol. The lowest BCUT2D eigenvalue weighted by molar-refractivity contribution is 0.0342. The summed E-state index contributed by atoms with van der Waals surface area (Å²) in [6.07, 6.45) is 1.31. The zero-order valence-corrected chi connectivity index (χ0v) is 8.67. The van der Waals surface area contributed by atoms with Gasteiger partial charge in [-0.25, -0.2) is 0 Å². The van der Waals surface area contributed by atoms with E-state index in [0.717, 1.165) is 6.61 Å². The minimum absolute atomic E-state index is 0.685. The third-order valence-electron chi connectivity index (χ3n) is 2.11. The van der Waals surface area contributed by atoms with E-state index < -0.39 is 0 Å². The van der Waals surface area contributed by atoms with Crippen molar-refractivity contribution >= 4 is 23.0 Å². The second kappa shape index (κ2) is 3.88. The summed E-state index contributed by atoms with van der Waals surface area (Å²) in [4.78, 5) is 2.47. The van der Waals surface area contributed by atoms with E-state index in [1.165, 1.54) is 13.0 Å². The molecule has 0 aromatic heterocycles. The van der Waals surface area contributed by atoms with E-state index in [1.54, 1.807) is 0 Å². The first-order valence-corrected chi connectivity index (χ1v) is 4.63. The first-order chi connectivity index (χ1) is 4.75.